The molecule has 0 saturated carbocycles. The van der Waals surface area contributed by atoms with Gasteiger partial charge in [-0.25, -0.2) is 0 Å². The van der Waals surface area contributed by atoms with Crippen molar-refractivity contribution in [3.05, 3.63) is 60.7 Å². The fraction of sp³-hybridized carbons (Fsp3) is 0.455. The highest BCUT2D eigenvalue weighted by atomic mass is 16.5. The molecule has 134 valence electrons. The SMILES string of the molecule is CC.CC.CC.CC.CC.c1ccc(Oc2ccccc2)cc1. The zero-order valence-electron chi connectivity index (χ0n) is 17.2. The molecule has 0 aromatic heterocycles. The predicted octanol–water partition coefficient (Wildman–Crippen LogP) is 8.61. The molecule has 0 amide bonds. The zero-order valence-corrected chi connectivity index (χ0v) is 17.2. The minimum atomic E-state index is 0.869. The minimum Gasteiger partial charge on any atom is -0.457 e. The summed E-state index contributed by atoms with van der Waals surface area (Å²) < 4.78 is 5.58. The van der Waals surface area contributed by atoms with Gasteiger partial charge < -0.3 is 4.74 Å². The molecule has 0 N–H and O–H groups in total. The molecule has 1 heteroatoms. The van der Waals surface area contributed by atoms with Crippen LogP contribution in [0.15, 0.2) is 60.7 Å². The van der Waals surface area contributed by atoms with Crippen LogP contribution in [-0.4, -0.2) is 0 Å². The third-order valence-electron chi connectivity index (χ3n) is 1.72. The fourth-order valence-electron chi connectivity index (χ4n) is 1.11. The third-order valence-corrected chi connectivity index (χ3v) is 1.72. The topological polar surface area (TPSA) is 9.23 Å². The fourth-order valence-corrected chi connectivity index (χ4v) is 1.11. The van der Waals surface area contributed by atoms with Crippen LogP contribution in [-0.2, 0) is 0 Å². The Morgan fingerprint density at radius 3 is 0.826 bits per heavy atom. The molecule has 0 aliphatic carbocycles. The van der Waals surface area contributed by atoms with Gasteiger partial charge in [-0.05, 0) is 24.3 Å². The van der Waals surface area contributed by atoms with Crippen LogP contribution in [0, 0.1) is 0 Å². The van der Waals surface area contributed by atoms with E-state index in [-0.39, 0.29) is 0 Å². The van der Waals surface area contributed by atoms with E-state index in [9.17, 15) is 0 Å². The summed E-state index contributed by atoms with van der Waals surface area (Å²) in [5.74, 6) is 1.74. The first-order valence-electron chi connectivity index (χ1n) is 9.23. The summed E-state index contributed by atoms with van der Waals surface area (Å²) >= 11 is 0. The highest BCUT2D eigenvalue weighted by molar-refractivity contribution is 5.30. The van der Waals surface area contributed by atoms with Gasteiger partial charge in [0, 0.05) is 0 Å². The molecular formula is C22H40O. The van der Waals surface area contributed by atoms with Gasteiger partial charge in [-0.1, -0.05) is 106 Å². The Hall–Kier alpha value is -1.76. The average Bonchev–Trinajstić information content (AvgIpc) is 2.71. The van der Waals surface area contributed by atoms with Crippen LogP contribution in [0.3, 0.4) is 0 Å². The van der Waals surface area contributed by atoms with Crippen molar-refractivity contribution in [1.82, 2.24) is 0 Å². The highest BCUT2D eigenvalue weighted by Gasteiger charge is 1.92. The molecule has 0 unspecified atom stereocenters. The lowest BCUT2D eigenvalue weighted by Crippen LogP contribution is -1.81. The first-order valence-corrected chi connectivity index (χ1v) is 9.23. The van der Waals surface area contributed by atoms with E-state index in [4.69, 9.17) is 4.74 Å². The number of ether oxygens (including phenoxy) is 1. The second-order valence-electron chi connectivity index (χ2n) is 2.73. The normalized spacial score (nSPS) is 6.70. The number of para-hydroxylation sites is 2. The van der Waals surface area contributed by atoms with Gasteiger partial charge >= 0.3 is 0 Å². The molecule has 0 heterocycles. The second-order valence-corrected chi connectivity index (χ2v) is 2.73. The summed E-state index contributed by atoms with van der Waals surface area (Å²) in [7, 11) is 0. The standard InChI is InChI=1S/C12H10O.5C2H6/c1-3-7-11(8-4-1)13-12-9-5-2-6-10-12;5*1-2/h1-10H;5*1-2H3. The molecule has 2 aromatic carbocycles. The van der Waals surface area contributed by atoms with Crippen LogP contribution < -0.4 is 4.74 Å². The summed E-state index contributed by atoms with van der Waals surface area (Å²) in [4.78, 5) is 0. The summed E-state index contributed by atoms with van der Waals surface area (Å²) in [5.41, 5.74) is 0. The molecule has 0 radical (unpaired) electrons. The van der Waals surface area contributed by atoms with Gasteiger partial charge in [0.05, 0.1) is 0 Å². The second kappa shape index (κ2) is 32.3. The van der Waals surface area contributed by atoms with Crippen molar-refractivity contribution < 1.29 is 4.74 Å². The van der Waals surface area contributed by atoms with Crippen LogP contribution in [0.2, 0.25) is 0 Å². The number of hydrogen-bond acceptors (Lipinski definition) is 1. The van der Waals surface area contributed by atoms with Crippen molar-refractivity contribution in [3.8, 4) is 11.5 Å². The molecule has 2 rings (SSSR count). The molecule has 2 aromatic rings. The summed E-state index contributed by atoms with van der Waals surface area (Å²) in [6.07, 6.45) is 0. The molecule has 0 fully saturated rings. The molecule has 1 nitrogen and oxygen atoms in total. The lowest BCUT2D eigenvalue weighted by Gasteiger charge is -2.03. The minimum absolute atomic E-state index is 0.869. The van der Waals surface area contributed by atoms with E-state index in [0.717, 1.165) is 11.5 Å². The average molecular weight is 321 g/mol. The maximum Gasteiger partial charge on any atom is 0.127 e. The van der Waals surface area contributed by atoms with Crippen LogP contribution in [0.5, 0.6) is 11.5 Å². The Morgan fingerprint density at radius 1 is 0.391 bits per heavy atom. The van der Waals surface area contributed by atoms with Gasteiger partial charge in [-0.15, -0.1) is 0 Å². The first-order chi connectivity index (χ1) is 11.4. The molecule has 0 aliphatic rings. The number of hydrogen-bond donors (Lipinski definition) is 0. The summed E-state index contributed by atoms with van der Waals surface area (Å²) in [5, 5.41) is 0. The smallest absolute Gasteiger partial charge is 0.127 e. The maximum absolute atomic E-state index is 5.58. The number of rotatable bonds is 2. The largest absolute Gasteiger partial charge is 0.457 e. The number of benzene rings is 2. The van der Waals surface area contributed by atoms with E-state index < -0.39 is 0 Å². The van der Waals surface area contributed by atoms with Crippen LogP contribution >= 0.6 is 0 Å². The molecule has 0 saturated heterocycles. The van der Waals surface area contributed by atoms with Gasteiger partial charge in [-0.3, -0.25) is 0 Å². The van der Waals surface area contributed by atoms with Gasteiger partial charge in [0.25, 0.3) is 0 Å². The quantitative estimate of drug-likeness (QED) is 0.538. The first kappa shape index (κ1) is 29.3. The van der Waals surface area contributed by atoms with E-state index in [0.29, 0.717) is 0 Å². The Kier molecular flexibility index (Phi) is 41.1. The van der Waals surface area contributed by atoms with Crippen molar-refractivity contribution in [1.29, 1.82) is 0 Å². The van der Waals surface area contributed by atoms with Crippen molar-refractivity contribution >= 4 is 0 Å². The van der Waals surface area contributed by atoms with E-state index in [1.807, 2.05) is 130 Å². The highest BCUT2D eigenvalue weighted by Crippen LogP contribution is 2.19. The monoisotopic (exact) mass is 320 g/mol. The van der Waals surface area contributed by atoms with Crippen molar-refractivity contribution in [3.63, 3.8) is 0 Å². The van der Waals surface area contributed by atoms with Crippen LogP contribution in [0.25, 0.3) is 0 Å². The van der Waals surface area contributed by atoms with E-state index >= 15 is 0 Å². The lowest BCUT2D eigenvalue weighted by molar-refractivity contribution is 0.482. The molecule has 0 aliphatic heterocycles. The van der Waals surface area contributed by atoms with Gasteiger partial charge in [0.2, 0.25) is 0 Å². The third kappa shape index (κ3) is 20.2. The van der Waals surface area contributed by atoms with Gasteiger partial charge in [0.15, 0.2) is 0 Å². The molecule has 23 heavy (non-hydrogen) atoms. The van der Waals surface area contributed by atoms with E-state index in [1.165, 1.54) is 0 Å². The van der Waals surface area contributed by atoms with Crippen molar-refractivity contribution in [2.75, 3.05) is 0 Å². The van der Waals surface area contributed by atoms with Gasteiger partial charge in [-0.2, -0.15) is 0 Å². The molecule has 0 bridgehead atoms. The van der Waals surface area contributed by atoms with E-state index in [2.05, 4.69) is 0 Å². The van der Waals surface area contributed by atoms with Crippen molar-refractivity contribution in [2.24, 2.45) is 0 Å². The summed E-state index contributed by atoms with van der Waals surface area (Å²) in [6, 6.07) is 19.5. The Labute approximate surface area is 146 Å². The predicted molar refractivity (Wildman–Crippen MR) is 110 cm³/mol. The summed E-state index contributed by atoms with van der Waals surface area (Å²) in [6.45, 7) is 20.0. The maximum atomic E-state index is 5.58. The van der Waals surface area contributed by atoms with Crippen LogP contribution in [0.4, 0.5) is 0 Å². The molecular weight excluding hydrogens is 280 g/mol. The Morgan fingerprint density at radius 2 is 0.609 bits per heavy atom. The lowest BCUT2D eigenvalue weighted by atomic mass is 10.3. The Balaban J connectivity index is -0.000000156. The van der Waals surface area contributed by atoms with E-state index in [1.54, 1.807) is 0 Å². The Bertz CT molecular complexity index is 317. The zero-order chi connectivity index (χ0) is 18.9. The molecule has 0 atom stereocenters. The van der Waals surface area contributed by atoms with Crippen LogP contribution in [0.1, 0.15) is 69.2 Å². The molecule has 0 spiro atoms. The van der Waals surface area contributed by atoms with Crippen molar-refractivity contribution in [2.45, 2.75) is 69.2 Å². The van der Waals surface area contributed by atoms with Gasteiger partial charge in [0.1, 0.15) is 11.5 Å².